The fourth-order valence-corrected chi connectivity index (χ4v) is 3.44. The second-order valence-electron chi connectivity index (χ2n) is 7.98. The summed E-state index contributed by atoms with van der Waals surface area (Å²) in [5.74, 6) is 1.35. The van der Waals surface area contributed by atoms with Gasteiger partial charge in [-0.15, -0.1) is 0 Å². The quantitative estimate of drug-likeness (QED) is 0.203. The molecule has 0 amide bonds. The van der Waals surface area contributed by atoms with Crippen LogP contribution < -0.4 is 0 Å². The molecule has 6 nitrogen and oxygen atoms in total. The van der Waals surface area contributed by atoms with Gasteiger partial charge in [0.1, 0.15) is 23.4 Å². The van der Waals surface area contributed by atoms with Crippen LogP contribution in [0.5, 0.6) is 0 Å². The number of rotatable bonds is 7. The van der Waals surface area contributed by atoms with Crippen LogP contribution in [0.3, 0.4) is 0 Å². The van der Waals surface area contributed by atoms with E-state index in [0.29, 0.717) is 35.1 Å². The van der Waals surface area contributed by atoms with Gasteiger partial charge in [-0.1, -0.05) is 25.5 Å². The molecule has 4 aromatic rings. The van der Waals surface area contributed by atoms with Gasteiger partial charge < -0.3 is 14.1 Å². The first kappa shape index (κ1) is 22.1. The number of H-pyrrole nitrogens is 1. The number of hydrogen-bond donors (Lipinski definition) is 1. The molecule has 0 aliphatic heterocycles. The summed E-state index contributed by atoms with van der Waals surface area (Å²) in [6, 6.07) is 17.0. The third-order valence-corrected chi connectivity index (χ3v) is 5.52. The lowest BCUT2D eigenvalue weighted by molar-refractivity contribution is 0.0499. The number of nitrogens with one attached hydrogen (secondary N) is 1. The summed E-state index contributed by atoms with van der Waals surface area (Å²) in [6.07, 6.45) is 3.50. The third-order valence-electron chi connectivity index (χ3n) is 5.52. The van der Waals surface area contributed by atoms with Crippen molar-refractivity contribution in [2.24, 2.45) is 0 Å². The van der Waals surface area contributed by atoms with Gasteiger partial charge in [0, 0.05) is 11.6 Å². The zero-order valence-electron chi connectivity index (χ0n) is 18.9. The van der Waals surface area contributed by atoms with E-state index in [0.717, 1.165) is 40.6 Å². The molecule has 0 spiro atoms. The van der Waals surface area contributed by atoms with Crippen LogP contribution in [0.4, 0.5) is 0 Å². The van der Waals surface area contributed by atoms with Crippen LogP contribution in [0.15, 0.2) is 52.9 Å². The first-order chi connectivity index (χ1) is 16.0. The van der Waals surface area contributed by atoms with Gasteiger partial charge in [0.2, 0.25) is 0 Å². The molecule has 1 N–H and O–H groups in total. The Morgan fingerprint density at radius 2 is 1.91 bits per heavy atom. The summed E-state index contributed by atoms with van der Waals surface area (Å²) in [6.45, 7) is 6.56. The number of unbranched alkanes of at least 4 members (excludes halogenated alkanes) is 1. The maximum atomic E-state index is 12.1. The lowest BCUT2D eigenvalue weighted by atomic mass is 10.1. The highest BCUT2D eigenvalue weighted by Gasteiger charge is 2.12. The van der Waals surface area contributed by atoms with Crippen molar-refractivity contribution in [3.05, 3.63) is 76.8 Å². The zero-order chi connectivity index (χ0) is 23.4. The van der Waals surface area contributed by atoms with Gasteiger partial charge in [0.25, 0.3) is 0 Å². The van der Waals surface area contributed by atoms with Crippen LogP contribution in [-0.2, 0) is 4.74 Å². The van der Waals surface area contributed by atoms with Crippen LogP contribution in [0.1, 0.15) is 52.8 Å². The predicted molar refractivity (Wildman–Crippen MR) is 128 cm³/mol. The second-order valence-corrected chi connectivity index (χ2v) is 7.98. The number of carbonyl (C=O) groups is 1. The van der Waals surface area contributed by atoms with Gasteiger partial charge in [-0.25, -0.2) is 9.78 Å². The Morgan fingerprint density at radius 1 is 1.15 bits per heavy atom. The second kappa shape index (κ2) is 9.58. The van der Waals surface area contributed by atoms with Crippen LogP contribution >= 0.6 is 0 Å². The largest absolute Gasteiger partial charge is 0.462 e. The van der Waals surface area contributed by atoms with E-state index in [1.807, 2.05) is 51.1 Å². The highest BCUT2D eigenvalue weighted by atomic mass is 16.5. The summed E-state index contributed by atoms with van der Waals surface area (Å²) >= 11 is 0. The number of furan rings is 1. The van der Waals surface area contributed by atoms with Gasteiger partial charge >= 0.3 is 5.97 Å². The number of ether oxygens (including phenoxy) is 1. The minimum absolute atomic E-state index is 0.326. The average molecular weight is 440 g/mol. The van der Waals surface area contributed by atoms with E-state index in [-0.39, 0.29) is 5.97 Å². The van der Waals surface area contributed by atoms with E-state index >= 15 is 0 Å². The average Bonchev–Trinajstić information content (AvgIpc) is 3.45. The smallest absolute Gasteiger partial charge is 0.338 e. The number of aromatic amines is 1. The Balaban J connectivity index is 1.54. The fourth-order valence-electron chi connectivity index (χ4n) is 3.44. The molecule has 33 heavy (non-hydrogen) atoms. The highest BCUT2D eigenvalue weighted by Crippen LogP contribution is 2.26. The van der Waals surface area contributed by atoms with Gasteiger partial charge in [0.15, 0.2) is 0 Å². The predicted octanol–water partition coefficient (Wildman–Crippen LogP) is 6.46. The van der Waals surface area contributed by atoms with E-state index in [4.69, 9.17) is 9.15 Å². The van der Waals surface area contributed by atoms with E-state index < -0.39 is 0 Å². The number of fused-ring (bicyclic) bond motifs is 1. The zero-order valence-corrected chi connectivity index (χ0v) is 18.9. The Kier molecular flexibility index (Phi) is 6.41. The molecule has 0 unspecified atom stereocenters. The molecule has 0 fully saturated rings. The van der Waals surface area contributed by atoms with Crippen LogP contribution in [0.2, 0.25) is 0 Å². The fraction of sp³-hybridized carbons (Fsp3) is 0.222. The van der Waals surface area contributed by atoms with Crippen molar-refractivity contribution in [1.29, 1.82) is 5.26 Å². The molecule has 4 rings (SSSR count). The molecule has 0 aliphatic rings. The maximum Gasteiger partial charge on any atom is 0.338 e. The lowest BCUT2D eigenvalue weighted by Gasteiger charge is -2.04. The lowest BCUT2D eigenvalue weighted by Crippen LogP contribution is -2.05. The molecule has 2 aromatic carbocycles. The number of aromatic nitrogens is 2. The molecule has 2 aromatic heterocycles. The Bertz CT molecular complexity index is 1330. The van der Waals surface area contributed by atoms with Gasteiger partial charge in [-0.05, 0) is 67.8 Å². The van der Waals surface area contributed by atoms with Gasteiger partial charge in [-0.2, -0.15) is 5.26 Å². The number of benzene rings is 2. The first-order valence-corrected chi connectivity index (χ1v) is 10.9. The Labute approximate surface area is 192 Å². The van der Waals surface area contributed by atoms with Crippen molar-refractivity contribution in [1.82, 2.24) is 9.97 Å². The third kappa shape index (κ3) is 4.88. The SMILES string of the molecule is CCCCOC(=O)c1ccc(-c2ccc(/C=C(\C#N)c3nc4cc(C)c(C)cc4[nH]3)o2)cc1. The molecule has 0 saturated heterocycles. The number of imidazole rings is 1. The summed E-state index contributed by atoms with van der Waals surface area (Å²) in [4.78, 5) is 19.9. The van der Waals surface area contributed by atoms with Crippen LogP contribution in [0, 0.1) is 25.2 Å². The number of esters is 1. The monoisotopic (exact) mass is 439 g/mol. The van der Waals surface area contributed by atoms with E-state index in [1.54, 1.807) is 24.3 Å². The molecular weight excluding hydrogens is 414 g/mol. The Morgan fingerprint density at radius 3 is 2.64 bits per heavy atom. The number of allylic oxidation sites excluding steroid dienone is 1. The molecule has 0 aliphatic carbocycles. The van der Waals surface area contributed by atoms with Crippen LogP contribution in [0.25, 0.3) is 34.0 Å². The van der Waals surface area contributed by atoms with Gasteiger partial charge in [0.05, 0.1) is 28.8 Å². The summed E-state index contributed by atoms with van der Waals surface area (Å²) < 4.78 is 11.2. The van der Waals surface area contributed by atoms with E-state index in [1.165, 1.54) is 0 Å². The molecule has 2 heterocycles. The molecular formula is C27H25N3O3. The maximum absolute atomic E-state index is 12.1. The molecule has 0 atom stereocenters. The minimum atomic E-state index is -0.326. The van der Waals surface area contributed by atoms with Crippen molar-refractivity contribution < 1.29 is 13.9 Å². The van der Waals surface area contributed by atoms with Crippen molar-refractivity contribution >= 4 is 28.7 Å². The molecule has 166 valence electrons. The normalized spacial score (nSPS) is 11.5. The van der Waals surface area contributed by atoms with E-state index in [9.17, 15) is 10.1 Å². The minimum Gasteiger partial charge on any atom is -0.462 e. The van der Waals surface area contributed by atoms with E-state index in [2.05, 4.69) is 16.0 Å². The van der Waals surface area contributed by atoms with Gasteiger partial charge in [-0.3, -0.25) is 0 Å². The van der Waals surface area contributed by atoms with Crippen molar-refractivity contribution in [2.45, 2.75) is 33.6 Å². The molecule has 0 bridgehead atoms. The molecule has 6 heteroatoms. The number of nitrogens with zero attached hydrogens (tertiary/aromatic N) is 2. The standard InChI is InChI=1S/C27H25N3O3/c1-4-5-12-32-27(31)20-8-6-19(7-9-20)25-11-10-22(33-25)15-21(16-28)26-29-23-13-17(2)18(3)14-24(23)30-26/h6-11,13-15H,4-5,12H2,1-3H3,(H,29,30)/b21-15+. The van der Waals surface area contributed by atoms with Crippen molar-refractivity contribution in [2.75, 3.05) is 6.61 Å². The summed E-state index contributed by atoms with van der Waals surface area (Å²) in [7, 11) is 0. The first-order valence-electron chi connectivity index (χ1n) is 10.9. The number of nitriles is 1. The topological polar surface area (TPSA) is 91.9 Å². The summed E-state index contributed by atoms with van der Waals surface area (Å²) in [5, 5.41) is 9.70. The number of carbonyl (C=O) groups excluding carboxylic acids is 1. The molecule has 0 saturated carbocycles. The number of hydrogen-bond acceptors (Lipinski definition) is 5. The van der Waals surface area contributed by atoms with Crippen molar-refractivity contribution in [3.8, 4) is 17.4 Å². The van der Waals surface area contributed by atoms with Crippen LogP contribution in [-0.4, -0.2) is 22.5 Å². The van der Waals surface area contributed by atoms with Crippen molar-refractivity contribution in [3.63, 3.8) is 0 Å². The molecule has 0 radical (unpaired) electrons. The summed E-state index contributed by atoms with van der Waals surface area (Å²) in [5.41, 5.74) is 5.74. The Hall–Kier alpha value is -4.11. The highest BCUT2D eigenvalue weighted by molar-refractivity contribution is 5.91. The number of aryl methyl sites for hydroxylation is 2.